The van der Waals surface area contributed by atoms with Crippen molar-refractivity contribution in [3.63, 3.8) is 0 Å². The second-order valence-electron chi connectivity index (χ2n) is 18.0. The molecular weight excluding hydrogens is 813 g/mol. The van der Waals surface area contributed by atoms with Crippen LogP contribution in [-0.2, 0) is 20.9 Å². The first-order valence-corrected chi connectivity index (χ1v) is 23.7. The van der Waals surface area contributed by atoms with Crippen molar-refractivity contribution >= 4 is 52.7 Å². The fraction of sp³-hybridized carbons (Fsp3) is 0.440. The lowest BCUT2D eigenvalue weighted by atomic mass is 9.78. The van der Waals surface area contributed by atoms with Gasteiger partial charge in [-0.25, -0.2) is 0 Å². The van der Waals surface area contributed by atoms with Gasteiger partial charge >= 0.3 is 0 Å². The Kier molecular flexibility index (Phi) is 13.1. The smallest absolute Gasteiger partial charge is 0.263 e. The van der Waals surface area contributed by atoms with Gasteiger partial charge in [0.1, 0.15) is 6.04 Å². The fourth-order valence-corrected chi connectivity index (χ4v) is 11.8. The van der Waals surface area contributed by atoms with Crippen LogP contribution in [0.15, 0.2) is 90.1 Å². The number of hydrogen-bond acceptors (Lipinski definition) is 10. The lowest BCUT2D eigenvalue weighted by molar-refractivity contribution is -0.136. The van der Waals surface area contributed by atoms with Gasteiger partial charge in [0.05, 0.1) is 23.8 Å². The maximum atomic E-state index is 13.4. The molecule has 1 aliphatic carbocycles. The molecular formula is C50H56N6O6S. The Balaban J connectivity index is 0.713. The number of aliphatic hydroxyl groups excluding tert-OH is 1. The van der Waals surface area contributed by atoms with Crippen LogP contribution in [0, 0.1) is 17.8 Å². The summed E-state index contributed by atoms with van der Waals surface area (Å²) in [7, 11) is 0. The summed E-state index contributed by atoms with van der Waals surface area (Å²) < 4.78 is 0. The van der Waals surface area contributed by atoms with Gasteiger partial charge in [-0.1, -0.05) is 49.9 Å². The molecule has 1 saturated carbocycles. The minimum absolute atomic E-state index is 0.0177. The summed E-state index contributed by atoms with van der Waals surface area (Å²) in [5.41, 5.74) is 7.21. The van der Waals surface area contributed by atoms with Crippen LogP contribution in [0.3, 0.4) is 0 Å². The van der Waals surface area contributed by atoms with E-state index < -0.39 is 23.8 Å². The quantitative estimate of drug-likeness (QED) is 0.0524. The Morgan fingerprint density at radius 1 is 0.841 bits per heavy atom. The van der Waals surface area contributed by atoms with Gasteiger partial charge in [0.15, 0.2) is 0 Å². The third-order valence-corrected chi connectivity index (χ3v) is 15.2. The molecule has 4 atom stereocenters. The van der Waals surface area contributed by atoms with E-state index >= 15 is 0 Å². The van der Waals surface area contributed by atoms with E-state index in [1.807, 2.05) is 30.6 Å². The molecule has 4 aliphatic heterocycles. The molecule has 0 radical (unpaired) electrons. The number of carbonyl (C=O) groups excluding carboxylic acids is 5. The van der Waals surface area contributed by atoms with Crippen LogP contribution in [0.5, 0.6) is 0 Å². The number of amides is 5. The van der Waals surface area contributed by atoms with Crippen LogP contribution >= 0.6 is 11.8 Å². The summed E-state index contributed by atoms with van der Waals surface area (Å²) in [4.78, 5) is 72.4. The van der Waals surface area contributed by atoms with E-state index in [1.54, 1.807) is 23.9 Å². The predicted molar refractivity (Wildman–Crippen MR) is 243 cm³/mol. The monoisotopic (exact) mass is 868 g/mol. The van der Waals surface area contributed by atoms with Gasteiger partial charge in [-0.3, -0.25) is 44.1 Å². The van der Waals surface area contributed by atoms with Crippen molar-refractivity contribution in [1.82, 2.24) is 20.1 Å². The molecule has 13 heteroatoms. The number of carbonyl (C=O) groups is 5. The average Bonchev–Trinajstić information content (AvgIpc) is 3.83. The van der Waals surface area contributed by atoms with Crippen LogP contribution in [0.4, 0.5) is 11.4 Å². The summed E-state index contributed by atoms with van der Waals surface area (Å²) >= 11 is 1.59. The molecule has 5 heterocycles. The fourth-order valence-electron chi connectivity index (χ4n) is 10.8. The zero-order chi connectivity index (χ0) is 43.5. The number of nitrogens with one attached hydrogen (secondary N) is 3. The van der Waals surface area contributed by atoms with Crippen molar-refractivity contribution in [2.24, 2.45) is 17.8 Å². The van der Waals surface area contributed by atoms with Gasteiger partial charge in [-0.15, -0.1) is 11.8 Å². The Hall–Kier alpha value is -5.37. The van der Waals surface area contributed by atoms with Crippen molar-refractivity contribution in [3.05, 3.63) is 107 Å². The van der Waals surface area contributed by atoms with Gasteiger partial charge < -0.3 is 15.7 Å². The van der Waals surface area contributed by atoms with E-state index in [1.165, 1.54) is 36.8 Å². The lowest BCUT2D eigenvalue weighted by Crippen LogP contribution is -2.54. The Morgan fingerprint density at radius 3 is 2.38 bits per heavy atom. The molecule has 1 aromatic heterocycles. The van der Waals surface area contributed by atoms with Crippen LogP contribution in [0.2, 0.25) is 0 Å². The van der Waals surface area contributed by atoms with E-state index in [-0.39, 0.29) is 43.3 Å². The molecule has 3 aromatic carbocycles. The topological polar surface area (TPSA) is 161 Å². The summed E-state index contributed by atoms with van der Waals surface area (Å²) in [6, 6.07) is 23.4. The van der Waals surface area contributed by atoms with Crippen LogP contribution in [0.25, 0.3) is 11.1 Å². The summed E-state index contributed by atoms with van der Waals surface area (Å²) in [5, 5.41) is 19.3. The third kappa shape index (κ3) is 9.32. The number of nitrogens with zero attached hydrogens (tertiary/aromatic N) is 3. The van der Waals surface area contributed by atoms with E-state index in [4.69, 9.17) is 0 Å². The van der Waals surface area contributed by atoms with E-state index in [0.29, 0.717) is 35.3 Å². The zero-order valence-electron chi connectivity index (χ0n) is 35.6. The number of anilines is 2. The van der Waals surface area contributed by atoms with Crippen LogP contribution in [0.1, 0.15) is 115 Å². The summed E-state index contributed by atoms with van der Waals surface area (Å²) in [5.74, 6) is 0.583. The largest absolute Gasteiger partial charge is 0.394 e. The number of imide groups is 2. The maximum absolute atomic E-state index is 13.4. The maximum Gasteiger partial charge on any atom is 0.263 e. The molecule has 0 bridgehead atoms. The Labute approximate surface area is 373 Å². The van der Waals surface area contributed by atoms with Crippen molar-refractivity contribution in [2.75, 3.05) is 29.5 Å². The van der Waals surface area contributed by atoms with Crippen molar-refractivity contribution in [3.8, 4) is 11.1 Å². The lowest BCUT2D eigenvalue weighted by Gasteiger charge is -2.39. The number of pyridine rings is 1. The molecule has 12 nitrogen and oxygen atoms in total. The molecule has 1 unspecified atom stereocenters. The van der Waals surface area contributed by atoms with E-state index in [2.05, 4.69) is 68.3 Å². The molecule has 0 spiro atoms. The Bertz CT molecular complexity index is 2370. The van der Waals surface area contributed by atoms with Gasteiger partial charge in [-0.2, -0.15) is 0 Å². The highest BCUT2D eigenvalue weighted by atomic mass is 32.2. The zero-order valence-corrected chi connectivity index (χ0v) is 36.4. The minimum atomic E-state index is -0.964. The summed E-state index contributed by atoms with van der Waals surface area (Å²) in [6.45, 7) is 1.90. The second-order valence-corrected chi connectivity index (χ2v) is 19.1. The van der Waals surface area contributed by atoms with Gasteiger partial charge in [0, 0.05) is 60.0 Å². The first-order chi connectivity index (χ1) is 30.7. The highest BCUT2D eigenvalue weighted by Crippen LogP contribution is 2.48. The third-order valence-electron chi connectivity index (χ3n) is 14.0. The average molecular weight is 869 g/mol. The number of thioether (sulfide) groups is 1. The first-order valence-electron chi connectivity index (χ1n) is 22.8. The SMILES string of the molecule is O=C1CCC(N2C(=O)c3cccc(SCCCC4CCC(CCCC(=O)Nc5cccc(-c6ccc7c(c6)[C@H]6[C@H](CCN6Cc6ccncc6)[C@@H](CO)N7)c5)CC4)c3C2=O)C(=O)N1. The molecule has 9 rings (SSSR count). The van der Waals surface area contributed by atoms with Crippen LogP contribution < -0.4 is 16.0 Å². The highest BCUT2D eigenvalue weighted by Gasteiger charge is 2.46. The Morgan fingerprint density at radius 2 is 1.60 bits per heavy atom. The van der Waals surface area contributed by atoms with E-state index in [0.717, 1.165) is 83.2 Å². The van der Waals surface area contributed by atoms with Crippen molar-refractivity contribution < 1.29 is 29.1 Å². The number of aromatic nitrogens is 1. The van der Waals surface area contributed by atoms with Gasteiger partial charge in [0.25, 0.3) is 11.8 Å². The predicted octanol–water partition coefficient (Wildman–Crippen LogP) is 7.99. The number of aliphatic hydroxyl groups is 1. The minimum Gasteiger partial charge on any atom is -0.394 e. The molecule has 3 fully saturated rings. The number of hydrogen-bond donors (Lipinski definition) is 4. The molecule has 5 aliphatic rings. The molecule has 5 amide bonds. The van der Waals surface area contributed by atoms with Gasteiger partial charge in [-0.05, 0) is 133 Å². The molecule has 63 heavy (non-hydrogen) atoms. The van der Waals surface area contributed by atoms with E-state index in [9.17, 15) is 29.1 Å². The standard InChI is InChI=1S/C50H56N6O6S/c57-30-41-37-22-25-55(29-33-20-23-51-24-21-33)47(37)39-28-35(16-17-40(39)53-41)34-7-2-8-36(27-34)52-44(58)11-1-5-31-12-14-32(15-13-31)6-4-26-63-43-10-3-9-38-46(43)50(62)56(49(38)61)42-18-19-45(59)54-48(42)60/h2-3,7-10,16-17,20-21,23-24,27-28,31-32,37,41-42,47,53,57H,1,4-6,11-15,18-19,22,25-26,29-30H2,(H,52,58)(H,54,59,60)/t31?,32?,37-,41-,42?,47-/m1/s1. The molecule has 4 aromatic rings. The number of likely N-dealkylation sites (tertiary alicyclic amines) is 1. The molecule has 4 N–H and O–H groups in total. The second kappa shape index (κ2) is 19.2. The number of rotatable bonds is 15. The molecule has 2 saturated heterocycles. The number of benzene rings is 3. The first kappa shape index (κ1) is 42.9. The molecule has 328 valence electrons. The van der Waals surface area contributed by atoms with Crippen molar-refractivity contribution in [2.45, 2.75) is 107 Å². The van der Waals surface area contributed by atoms with Gasteiger partial charge in [0.2, 0.25) is 17.7 Å². The van der Waals surface area contributed by atoms with Crippen molar-refractivity contribution in [1.29, 1.82) is 0 Å². The normalized spacial score (nSPS) is 24.4. The number of fused-ring (bicyclic) bond motifs is 4. The number of piperidine rings is 1. The van der Waals surface area contributed by atoms with Crippen LogP contribution in [-0.4, -0.2) is 80.4 Å². The highest BCUT2D eigenvalue weighted by molar-refractivity contribution is 7.99. The summed E-state index contributed by atoms with van der Waals surface area (Å²) in [6.07, 6.45) is 14.2.